The maximum atomic E-state index is 5.60. The van der Waals surface area contributed by atoms with Crippen molar-refractivity contribution < 1.29 is 0 Å². The molecule has 0 amide bonds. The van der Waals surface area contributed by atoms with Crippen molar-refractivity contribution in [2.75, 3.05) is 24.5 Å². The summed E-state index contributed by atoms with van der Waals surface area (Å²) in [6.45, 7) is 5.13. The third-order valence-corrected chi connectivity index (χ3v) is 3.39. The second-order valence-electron chi connectivity index (χ2n) is 4.64. The summed E-state index contributed by atoms with van der Waals surface area (Å²) in [5.41, 5.74) is 6.70. The monoisotopic (exact) mass is 219 g/mol. The lowest BCUT2D eigenvalue weighted by atomic mass is 9.94. The molecule has 2 rings (SSSR count). The van der Waals surface area contributed by atoms with Gasteiger partial charge in [-0.2, -0.15) is 0 Å². The van der Waals surface area contributed by atoms with Crippen LogP contribution in [-0.4, -0.2) is 24.6 Å². The second kappa shape index (κ2) is 5.30. The van der Waals surface area contributed by atoms with E-state index < -0.39 is 0 Å². The summed E-state index contributed by atoms with van der Waals surface area (Å²) >= 11 is 0. The van der Waals surface area contributed by atoms with Crippen molar-refractivity contribution in [1.82, 2.24) is 4.98 Å². The molecule has 1 aliphatic heterocycles. The molecule has 0 unspecified atom stereocenters. The molecule has 1 aliphatic rings. The molecule has 88 valence electrons. The maximum Gasteiger partial charge on any atom is 0.128 e. The van der Waals surface area contributed by atoms with Crippen LogP contribution in [0.3, 0.4) is 0 Å². The Morgan fingerprint density at radius 3 is 2.75 bits per heavy atom. The first kappa shape index (κ1) is 11.4. The molecule has 2 N–H and O–H groups in total. The van der Waals surface area contributed by atoms with E-state index >= 15 is 0 Å². The van der Waals surface area contributed by atoms with Crippen LogP contribution in [0.4, 0.5) is 5.82 Å². The highest BCUT2D eigenvalue weighted by Crippen LogP contribution is 2.23. The molecule has 3 heteroatoms. The number of nitrogens with zero attached hydrogens (tertiary/aromatic N) is 2. The first-order chi connectivity index (χ1) is 7.79. The lowest BCUT2D eigenvalue weighted by Gasteiger charge is -2.32. The van der Waals surface area contributed by atoms with E-state index in [1.807, 2.05) is 13.0 Å². The highest BCUT2D eigenvalue weighted by Gasteiger charge is 2.19. The zero-order valence-electron chi connectivity index (χ0n) is 10.0. The van der Waals surface area contributed by atoms with E-state index in [1.54, 1.807) is 0 Å². The number of pyridine rings is 1. The van der Waals surface area contributed by atoms with Crippen LogP contribution in [0.25, 0.3) is 0 Å². The van der Waals surface area contributed by atoms with Crippen molar-refractivity contribution >= 4 is 5.82 Å². The minimum atomic E-state index is 0.825. The van der Waals surface area contributed by atoms with Gasteiger partial charge < -0.3 is 10.6 Å². The summed E-state index contributed by atoms with van der Waals surface area (Å²) in [5, 5.41) is 0. The number of piperidine rings is 1. The van der Waals surface area contributed by atoms with E-state index in [2.05, 4.69) is 22.0 Å². The van der Waals surface area contributed by atoms with E-state index in [4.69, 9.17) is 5.73 Å². The van der Waals surface area contributed by atoms with Gasteiger partial charge in [0.1, 0.15) is 5.82 Å². The van der Waals surface area contributed by atoms with Crippen molar-refractivity contribution in [1.29, 1.82) is 0 Å². The number of nitrogens with two attached hydrogens (primary N) is 1. The van der Waals surface area contributed by atoms with Crippen LogP contribution in [0, 0.1) is 12.8 Å². The maximum absolute atomic E-state index is 5.60. The van der Waals surface area contributed by atoms with Crippen molar-refractivity contribution in [3.8, 4) is 0 Å². The Morgan fingerprint density at radius 1 is 1.38 bits per heavy atom. The highest BCUT2D eigenvalue weighted by molar-refractivity contribution is 5.39. The van der Waals surface area contributed by atoms with Gasteiger partial charge in [-0.25, -0.2) is 4.98 Å². The van der Waals surface area contributed by atoms with Crippen molar-refractivity contribution in [3.05, 3.63) is 23.9 Å². The van der Waals surface area contributed by atoms with Crippen LogP contribution in [0.15, 0.2) is 18.2 Å². The smallest absolute Gasteiger partial charge is 0.128 e. The van der Waals surface area contributed by atoms with E-state index in [1.165, 1.54) is 19.3 Å². The van der Waals surface area contributed by atoms with Gasteiger partial charge in [0.2, 0.25) is 0 Å². The van der Waals surface area contributed by atoms with Crippen LogP contribution < -0.4 is 10.6 Å². The zero-order chi connectivity index (χ0) is 11.4. The number of hydrogen-bond donors (Lipinski definition) is 1. The molecule has 1 aromatic rings. The molecule has 0 atom stereocenters. The van der Waals surface area contributed by atoms with Crippen LogP contribution in [0.5, 0.6) is 0 Å². The summed E-state index contributed by atoms with van der Waals surface area (Å²) in [7, 11) is 0. The molecule has 1 saturated heterocycles. The molecule has 3 nitrogen and oxygen atoms in total. The third-order valence-electron chi connectivity index (χ3n) is 3.39. The third kappa shape index (κ3) is 2.73. The number of aromatic nitrogens is 1. The van der Waals surface area contributed by atoms with Crippen LogP contribution in [0.2, 0.25) is 0 Å². The fourth-order valence-electron chi connectivity index (χ4n) is 2.39. The van der Waals surface area contributed by atoms with Crippen LogP contribution in [0.1, 0.15) is 25.0 Å². The first-order valence-corrected chi connectivity index (χ1v) is 6.18. The van der Waals surface area contributed by atoms with Crippen molar-refractivity contribution in [2.45, 2.75) is 26.2 Å². The summed E-state index contributed by atoms with van der Waals surface area (Å²) in [4.78, 5) is 6.96. The predicted molar refractivity (Wildman–Crippen MR) is 67.6 cm³/mol. The Balaban J connectivity index is 1.94. The Morgan fingerprint density at radius 2 is 2.12 bits per heavy atom. The molecule has 1 aromatic heterocycles. The first-order valence-electron chi connectivity index (χ1n) is 6.18. The summed E-state index contributed by atoms with van der Waals surface area (Å²) in [5.74, 6) is 1.96. The summed E-state index contributed by atoms with van der Waals surface area (Å²) < 4.78 is 0. The number of rotatable bonds is 3. The second-order valence-corrected chi connectivity index (χ2v) is 4.64. The van der Waals surface area contributed by atoms with E-state index in [0.29, 0.717) is 0 Å². The lowest BCUT2D eigenvalue weighted by Crippen LogP contribution is -2.34. The molecule has 2 heterocycles. The topological polar surface area (TPSA) is 42.1 Å². The predicted octanol–water partition coefficient (Wildman–Crippen LogP) is 1.96. The van der Waals surface area contributed by atoms with Gasteiger partial charge in [-0.3, -0.25) is 0 Å². The minimum absolute atomic E-state index is 0.825. The van der Waals surface area contributed by atoms with Gasteiger partial charge in [-0.1, -0.05) is 6.07 Å². The Bertz CT molecular complexity index is 330. The standard InChI is InChI=1S/C13H21N3/c1-11-3-2-4-13(15-11)16-9-6-12(5-8-14)7-10-16/h2-4,12H,5-10,14H2,1H3. The number of hydrogen-bond acceptors (Lipinski definition) is 3. The molecule has 0 radical (unpaired) electrons. The van der Waals surface area contributed by atoms with E-state index in [-0.39, 0.29) is 0 Å². The highest BCUT2D eigenvalue weighted by atomic mass is 15.2. The fourth-order valence-corrected chi connectivity index (χ4v) is 2.39. The molecule has 16 heavy (non-hydrogen) atoms. The Labute approximate surface area is 97.7 Å². The molecular formula is C13H21N3. The minimum Gasteiger partial charge on any atom is -0.357 e. The van der Waals surface area contributed by atoms with Gasteiger partial charge in [-0.05, 0) is 50.8 Å². The van der Waals surface area contributed by atoms with Crippen LogP contribution >= 0.6 is 0 Å². The van der Waals surface area contributed by atoms with Gasteiger partial charge in [0.05, 0.1) is 0 Å². The van der Waals surface area contributed by atoms with Gasteiger partial charge in [0.15, 0.2) is 0 Å². The number of anilines is 1. The van der Waals surface area contributed by atoms with Gasteiger partial charge in [0.25, 0.3) is 0 Å². The fraction of sp³-hybridized carbons (Fsp3) is 0.615. The lowest BCUT2D eigenvalue weighted by molar-refractivity contribution is 0.385. The quantitative estimate of drug-likeness (QED) is 0.845. The van der Waals surface area contributed by atoms with Gasteiger partial charge in [0, 0.05) is 18.8 Å². The Hall–Kier alpha value is -1.09. The normalized spacial score (nSPS) is 17.8. The van der Waals surface area contributed by atoms with E-state index in [0.717, 1.165) is 37.1 Å². The van der Waals surface area contributed by atoms with Crippen LogP contribution in [-0.2, 0) is 0 Å². The average molecular weight is 219 g/mol. The molecule has 0 aromatic carbocycles. The van der Waals surface area contributed by atoms with E-state index in [9.17, 15) is 0 Å². The molecule has 0 bridgehead atoms. The number of aryl methyl sites for hydroxylation is 1. The van der Waals surface area contributed by atoms with Crippen molar-refractivity contribution in [2.24, 2.45) is 11.7 Å². The zero-order valence-corrected chi connectivity index (χ0v) is 10.0. The molecule has 0 saturated carbocycles. The molecule has 0 aliphatic carbocycles. The average Bonchev–Trinajstić information content (AvgIpc) is 2.30. The van der Waals surface area contributed by atoms with Crippen molar-refractivity contribution in [3.63, 3.8) is 0 Å². The van der Waals surface area contributed by atoms with Gasteiger partial charge in [-0.15, -0.1) is 0 Å². The summed E-state index contributed by atoms with van der Waals surface area (Å²) in [6.07, 6.45) is 3.69. The Kier molecular flexibility index (Phi) is 3.78. The molecule has 0 spiro atoms. The molecular weight excluding hydrogens is 198 g/mol. The summed E-state index contributed by atoms with van der Waals surface area (Å²) in [6, 6.07) is 6.24. The van der Waals surface area contributed by atoms with Gasteiger partial charge >= 0.3 is 0 Å². The SMILES string of the molecule is Cc1cccc(N2CCC(CCN)CC2)n1. The molecule has 1 fully saturated rings. The largest absolute Gasteiger partial charge is 0.357 e.